The van der Waals surface area contributed by atoms with Crippen LogP contribution in [0.5, 0.6) is 0 Å². The predicted molar refractivity (Wildman–Crippen MR) is 76.6 cm³/mol. The van der Waals surface area contributed by atoms with Gasteiger partial charge in [-0.1, -0.05) is 0 Å². The van der Waals surface area contributed by atoms with Gasteiger partial charge in [-0.2, -0.15) is 0 Å². The van der Waals surface area contributed by atoms with E-state index in [-0.39, 0.29) is 0 Å². The molecule has 1 aromatic carbocycles. The second-order valence-corrected chi connectivity index (χ2v) is 5.36. The zero-order chi connectivity index (χ0) is 13.5. The van der Waals surface area contributed by atoms with Crippen LogP contribution in [0.25, 0.3) is 11.1 Å². The molecular weight excluding hydrogens is 252 g/mol. The van der Waals surface area contributed by atoms with Gasteiger partial charge in [0, 0.05) is 11.6 Å². The van der Waals surface area contributed by atoms with Gasteiger partial charge >= 0.3 is 0 Å². The van der Waals surface area contributed by atoms with Gasteiger partial charge in [-0.05, 0) is 38.0 Å². The quantitative estimate of drug-likeness (QED) is 0.761. The predicted octanol–water partition coefficient (Wildman–Crippen LogP) is 3.35. The Morgan fingerprint density at radius 3 is 3.05 bits per heavy atom. The third kappa shape index (κ3) is 2.15. The first-order valence-corrected chi connectivity index (χ1v) is 6.93. The van der Waals surface area contributed by atoms with Crippen molar-refractivity contribution in [3.8, 4) is 0 Å². The van der Waals surface area contributed by atoms with Crippen molar-refractivity contribution in [2.45, 2.75) is 32.2 Å². The molecule has 0 amide bonds. The largest absolute Gasteiger partial charge is 0.440 e. The maximum Gasteiger partial charge on any atom is 0.198 e. The first-order chi connectivity index (χ1) is 9.78. The van der Waals surface area contributed by atoms with Crippen molar-refractivity contribution >= 4 is 16.8 Å². The minimum atomic E-state index is 0.548. The smallest absolute Gasteiger partial charge is 0.198 e. The molecule has 3 aromatic rings. The van der Waals surface area contributed by atoms with Crippen molar-refractivity contribution in [3.05, 3.63) is 41.8 Å². The summed E-state index contributed by atoms with van der Waals surface area (Å²) in [4.78, 5) is 12.0. The summed E-state index contributed by atoms with van der Waals surface area (Å²) in [6.45, 7) is 2.67. The van der Waals surface area contributed by atoms with Gasteiger partial charge in [0.15, 0.2) is 11.5 Å². The summed E-state index contributed by atoms with van der Waals surface area (Å²) in [7, 11) is 0. The fourth-order valence-corrected chi connectivity index (χ4v) is 2.32. The molecule has 2 N–H and O–H groups in total. The summed E-state index contributed by atoms with van der Waals surface area (Å²) in [5.74, 6) is 2.37. The van der Waals surface area contributed by atoms with Crippen LogP contribution in [-0.2, 0) is 6.54 Å². The molecule has 2 heterocycles. The van der Waals surface area contributed by atoms with Gasteiger partial charge in [0.2, 0.25) is 0 Å². The summed E-state index contributed by atoms with van der Waals surface area (Å²) in [5.41, 5.74) is 3.91. The second kappa shape index (κ2) is 4.37. The van der Waals surface area contributed by atoms with E-state index in [1.807, 2.05) is 31.3 Å². The number of aromatic nitrogens is 3. The Kier molecular flexibility index (Phi) is 2.52. The first kappa shape index (κ1) is 11.5. The third-order valence-corrected chi connectivity index (χ3v) is 3.57. The summed E-state index contributed by atoms with van der Waals surface area (Å²) in [6, 6.07) is 6.04. The molecule has 0 bridgehead atoms. The number of aryl methyl sites for hydroxylation is 1. The van der Waals surface area contributed by atoms with Crippen molar-refractivity contribution in [1.29, 1.82) is 0 Å². The SMILES string of the molecule is Cc1ncc(CNc2ccc3oc(C4CC4)nc3c2)[nH]1. The highest BCUT2D eigenvalue weighted by Gasteiger charge is 2.28. The molecule has 0 aliphatic heterocycles. The lowest BCUT2D eigenvalue weighted by Gasteiger charge is -2.03. The number of fused-ring (bicyclic) bond motifs is 1. The molecule has 2 aromatic heterocycles. The number of H-pyrrole nitrogens is 1. The third-order valence-electron chi connectivity index (χ3n) is 3.57. The first-order valence-electron chi connectivity index (χ1n) is 6.93. The molecule has 1 saturated carbocycles. The van der Waals surface area contributed by atoms with Gasteiger partial charge in [0.25, 0.3) is 0 Å². The summed E-state index contributed by atoms with van der Waals surface area (Å²) < 4.78 is 5.76. The molecule has 102 valence electrons. The number of hydrogen-bond acceptors (Lipinski definition) is 4. The molecule has 0 saturated heterocycles. The molecule has 4 rings (SSSR count). The van der Waals surface area contributed by atoms with Gasteiger partial charge < -0.3 is 14.7 Å². The second-order valence-electron chi connectivity index (χ2n) is 5.36. The van der Waals surface area contributed by atoms with Crippen molar-refractivity contribution < 1.29 is 4.42 Å². The average Bonchev–Trinajstić information content (AvgIpc) is 3.08. The van der Waals surface area contributed by atoms with Gasteiger partial charge in [0.1, 0.15) is 11.3 Å². The highest BCUT2D eigenvalue weighted by Crippen LogP contribution is 2.40. The lowest BCUT2D eigenvalue weighted by atomic mass is 10.3. The fraction of sp³-hybridized carbons (Fsp3) is 0.333. The highest BCUT2D eigenvalue weighted by atomic mass is 16.3. The number of anilines is 1. The van der Waals surface area contributed by atoms with E-state index in [1.54, 1.807) is 0 Å². The Morgan fingerprint density at radius 2 is 2.30 bits per heavy atom. The van der Waals surface area contributed by atoms with E-state index in [4.69, 9.17) is 4.42 Å². The van der Waals surface area contributed by atoms with Crippen LogP contribution >= 0.6 is 0 Å². The van der Waals surface area contributed by atoms with E-state index < -0.39 is 0 Å². The maximum absolute atomic E-state index is 5.76. The summed E-state index contributed by atoms with van der Waals surface area (Å²) in [5, 5.41) is 3.37. The molecule has 0 radical (unpaired) electrons. The lowest BCUT2D eigenvalue weighted by molar-refractivity contribution is 0.533. The van der Waals surface area contributed by atoms with Crippen LogP contribution < -0.4 is 5.32 Å². The number of rotatable bonds is 4. The fourth-order valence-electron chi connectivity index (χ4n) is 2.32. The maximum atomic E-state index is 5.76. The number of hydrogen-bond donors (Lipinski definition) is 2. The Morgan fingerprint density at radius 1 is 1.40 bits per heavy atom. The van der Waals surface area contributed by atoms with Crippen LogP contribution in [0.3, 0.4) is 0 Å². The molecular formula is C15H16N4O. The molecule has 5 heteroatoms. The van der Waals surface area contributed by atoms with Crippen LogP contribution in [0, 0.1) is 6.92 Å². The normalized spacial score (nSPS) is 14.8. The monoisotopic (exact) mass is 268 g/mol. The molecule has 0 atom stereocenters. The molecule has 0 unspecified atom stereocenters. The van der Waals surface area contributed by atoms with Crippen LogP contribution in [0.1, 0.15) is 36.2 Å². The van der Waals surface area contributed by atoms with E-state index in [9.17, 15) is 0 Å². The lowest BCUT2D eigenvalue weighted by Crippen LogP contribution is -1.99. The number of nitrogens with zero attached hydrogens (tertiary/aromatic N) is 2. The van der Waals surface area contributed by atoms with Crippen molar-refractivity contribution in [2.24, 2.45) is 0 Å². The van der Waals surface area contributed by atoms with Crippen LogP contribution in [0.2, 0.25) is 0 Å². The summed E-state index contributed by atoms with van der Waals surface area (Å²) >= 11 is 0. The zero-order valence-electron chi connectivity index (χ0n) is 11.3. The minimum absolute atomic E-state index is 0.548. The summed E-state index contributed by atoms with van der Waals surface area (Å²) in [6.07, 6.45) is 4.26. The van der Waals surface area contributed by atoms with Gasteiger partial charge in [-0.25, -0.2) is 9.97 Å². The number of imidazole rings is 1. The van der Waals surface area contributed by atoms with E-state index in [0.717, 1.165) is 40.7 Å². The molecule has 20 heavy (non-hydrogen) atoms. The number of aromatic amines is 1. The Bertz CT molecular complexity index is 754. The van der Waals surface area contributed by atoms with E-state index in [2.05, 4.69) is 20.3 Å². The van der Waals surface area contributed by atoms with Gasteiger partial charge in [-0.3, -0.25) is 0 Å². The van der Waals surface area contributed by atoms with Crippen LogP contribution in [-0.4, -0.2) is 15.0 Å². The zero-order valence-corrected chi connectivity index (χ0v) is 11.3. The number of oxazole rings is 1. The number of nitrogens with one attached hydrogen (secondary N) is 2. The van der Waals surface area contributed by atoms with E-state index >= 15 is 0 Å². The Balaban J connectivity index is 1.54. The van der Waals surface area contributed by atoms with Crippen LogP contribution in [0.4, 0.5) is 5.69 Å². The molecule has 1 fully saturated rings. The minimum Gasteiger partial charge on any atom is -0.440 e. The molecule has 5 nitrogen and oxygen atoms in total. The molecule has 1 aliphatic carbocycles. The van der Waals surface area contributed by atoms with Crippen molar-refractivity contribution in [2.75, 3.05) is 5.32 Å². The Labute approximate surface area is 116 Å². The van der Waals surface area contributed by atoms with Gasteiger partial charge in [-0.15, -0.1) is 0 Å². The highest BCUT2D eigenvalue weighted by molar-refractivity contribution is 5.77. The van der Waals surface area contributed by atoms with Crippen LogP contribution in [0.15, 0.2) is 28.8 Å². The average molecular weight is 268 g/mol. The number of benzene rings is 1. The van der Waals surface area contributed by atoms with Crippen molar-refractivity contribution in [3.63, 3.8) is 0 Å². The Hall–Kier alpha value is -2.30. The van der Waals surface area contributed by atoms with E-state index in [0.29, 0.717) is 5.92 Å². The van der Waals surface area contributed by atoms with E-state index in [1.165, 1.54) is 12.8 Å². The molecule has 1 aliphatic rings. The van der Waals surface area contributed by atoms with Gasteiger partial charge in [0.05, 0.1) is 18.4 Å². The molecule has 0 spiro atoms. The van der Waals surface area contributed by atoms with Crippen molar-refractivity contribution in [1.82, 2.24) is 15.0 Å². The standard InChI is InChI=1S/C15H16N4O/c1-9-16-7-12(18-9)8-17-11-4-5-14-13(6-11)19-15(20-14)10-2-3-10/h4-7,10,17H,2-3,8H2,1H3,(H,16,18). The topological polar surface area (TPSA) is 66.7 Å².